The van der Waals surface area contributed by atoms with Crippen molar-refractivity contribution in [1.29, 1.82) is 0 Å². The maximum atomic E-state index is 10.5. The maximum absolute atomic E-state index is 10.5. The number of methoxy groups -OCH3 is 1. The highest BCUT2D eigenvalue weighted by Crippen LogP contribution is 2.29. The first-order valence-corrected chi connectivity index (χ1v) is 4.77. The molecule has 0 heterocycles. The number of aliphatic hydroxyl groups is 2. The van der Waals surface area contributed by atoms with Crippen LogP contribution in [0.2, 0.25) is 5.02 Å². The Kier molecular flexibility index (Phi) is 4.12. The summed E-state index contributed by atoms with van der Waals surface area (Å²) in [5.74, 6) is -1.11. The van der Waals surface area contributed by atoms with Crippen molar-refractivity contribution in [3.05, 3.63) is 28.8 Å². The third-order valence-electron chi connectivity index (χ3n) is 2.07. The van der Waals surface area contributed by atoms with Gasteiger partial charge in [0.05, 0.1) is 7.11 Å². The summed E-state index contributed by atoms with van der Waals surface area (Å²) in [5, 5.41) is 27.5. The van der Waals surface area contributed by atoms with Crippen LogP contribution in [0.25, 0.3) is 0 Å². The Morgan fingerprint density at radius 1 is 1.44 bits per heavy atom. The molecule has 1 aromatic carbocycles. The van der Waals surface area contributed by atoms with Crippen LogP contribution in [-0.2, 0) is 4.79 Å². The van der Waals surface area contributed by atoms with Crippen LogP contribution >= 0.6 is 11.6 Å². The predicted octanol–water partition coefficient (Wildman–Crippen LogP) is 0.827. The SMILES string of the molecule is COc1ccc(Cl)c(C(O)C(O)C(=O)O)c1. The highest BCUT2D eigenvalue weighted by molar-refractivity contribution is 6.31. The van der Waals surface area contributed by atoms with Crippen LogP contribution in [-0.4, -0.2) is 34.5 Å². The molecular weight excluding hydrogens is 236 g/mol. The molecule has 0 saturated heterocycles. The average molecular weight is 247 g/mol. The third kappa shape index (κ3) is 2.63. The van der Waals surface area contributed by atoms with Crippen molar-refractivity contribution in [2.75, 3.05) is 7.11 Å². The molecule has 6 heteroatoms. The standard InChI is InChI=1S/C10H11ClO5/c1-16-5-2-3-7(11)6(4-5)8(12)9(13)10(14)15/h2-4,8-9,12-13H,1H3,(H,14,15). The second-order valence-electron chi connectivity index (χ2n) is 3.12. The molecule has 0 aliphatic heterocycles. The van der Waals surface area contributed by atoms with Gasteiger partial charge in [0.25, 0.3) is 0 Å². The molecule has 0 aromatic heterocycles. The molecule has 1 aromatic rings. The molecule has 5 nitrogen and oxygen atoms in total. The van der Waals surface area contributed by atoms with Gasteiger partial charge in [-0.25, -0.2) is 4.79 Å². The fourth-order valence-electron chi connectivity index (χ4n) is 1.18. The smallest absolute Gasteiger partial charge is 0.335 e. The van der Waals surface area contributed by atoms with Crippen LogP contribution in [0.1, 0.15) is 11.7 Å². The van der Waals surface area contributed by atoms with E-state index in [-0.39, 0.29) is 10.6 Å². The number of aliphatic carboxylic acids is 1. The molecule has 0 aliphatic carbocycles. The number of carbonyl (C=O) groups is 1. The first-order valence-electron chi connectivity index (χ1n) is 4.39. The fraction of sp³-hybridized carbons (Fsp3) is 0.300. The van der Waals surface area contributed by atoms with Gasteiger partial charge in [-0.3, -0.25) is 0 Å². The average Bonchev–Trinajstić information content (AvgIpc) is 2.27. The van der Waals surface area contributed by atoms with E-state index in [1.165, 1.54) is 19.2 Å². The Morgan fingerprint density at radius 3 is 2.56 bits per heavy atom. The number of rotatable bonds is 4. The Hall–Kier alpha value is -1.30. The van der Waals surface area contributed by atoms with E-state index in [1.54, 1.807) is 6.07 Å². The summed E-state index contributed by atoms with van der Waals surface area (Å²) < 4.78 is 4.90. The summed E-state index contributed by atoms with van der Waals surface area (Å²) in [6, 6.07) is 4.39. The van der Waals surface area contributed by atoms with E-state index in [2.05, 4.69) is 0 Å². The molecule has 0 aliphatic rings. The molecule has 1 rings (SSSR count). The van der Waals surface area contributed by atoms with E-state index < -0.39 is 18.2 Å². The van der Waals surface area contributed by atoms with Crippen LogP contribution < -0.4 is 4.74 Å². The number of benzene rings is 1. The molecule has 3 N–H and O–H groups in total. The fourth-order valence-corrected chi connectivity index (χ4v) is 1.41. The van der Waals surface area contributed by atoms with Gasteiger partial charge in [-0.1, -0.05) is 11.6 Å². The summed E-state index contributed by atoms with van der Waals surface area (Å²) in [6.07, 6.45) is -3.52. The number of carboxylic acids is 1. The van der Waals surface area contributed by atoms with Crippen LogP contribution in [0.15, 0.2) is 18.2 Å². The lowest BCUT2D eigenvalue weighted by molar-refractivity contribution is -0.153. The van der Waals surface area contributed by atoms with Crippen molar-refractivity contribution >= 4 is 17.6 Å². The summed E-state index contributed by atoms with van der Waals surface area (Å²) >= 11 is 5.78. The van der Waals surface area contributed by atoms with E-state index in [9.17, 15) is 15.0 Å². The van der Waals surface area contributed by atoms with Gasteiger partial charge in [0, 0.05) is 10.6 Å². The Bertz CT molecular complexity index is 393. The highest BCUT2D eigenvalue weighted by Gasteiger charge is 2.27. The topological polar surface area (TPSA) is 87.0 Å². The molecule has 0 spiro atoms. The largest absolute Gasteiger partial charge is 0.497 e. The van der Waals surface area contributed by atoms with E-state index in [4.69, 9.17) is 21.4 Å². The highest BCUT2D eigenvalue weighted by atomic mass is 35.5. The molecule has 2 unspecified atom stereocenters. The second kappa shape index (κ2) is 5.16. The number of ether oxygens (including phenoxy) is 1. The molecule has 0 radical (unpaired) electrons. The maximum Gasteiger partial charge on any atom is 0.335 e. The number of hydrogen-bond acceptors (Lipinski definition) is 4. The van der Waals surface area contributed by atoms with Crippen molar-refractivity contribution in [2.45, 2.75) is 12.2 Å². The minimum absolute atomic E-state index is 0.107. The first-order chi connectivity index (χ1) is 7.47. The molecule has 0 bridgehead atoms. The number of aliphatic hydroxyl groups excluding tert-OH is 2. The predicted molar refractivity (Wildman–Crippen MR) is 56.6 cm³/mol. The second-order valence-corrected chi connectivity index (χ2v) is 3.52. The van der Waals surface area contributed by atoms with Crippen LogP contribution in [0, 0.1) is 0 Å². The van der Waals surface area contributed by atoms with Gasteiger partial charge in [0.1, 0.15) is 11.9 Å². The zero-order valence-electron chi connectivity index (χ0n) is 8.42. The lowest BCUT2D eigenvalue weighted by Crippen LogP contribution is -2.27. The van der Waals surface area contributed by atoms with Gasteiger partial charge in [-0.15, -0.1) is 0 Å². The van der Waals surface area contributed by atoms with Crippen molar-refractivity contribution in [1.82, 2.24) is 0 Å². The van der Waals surface area contributed by atoms with Gasteiger partial charge in [0.15, 0.2) is 6.10 Å². The normalized spacial score (nSPS) is 14.2. The van der Waals surface area contributed by atoms with Crippen LogP contribution in [0.4, 0.5) is 0 Å². The van der Waals surface area contributed by atoms with Gasteiger partial charge in [0.2, 0.25) is 0 Å². The van der Waals surface area contributed by atoms with Crippen molar-refractivity contribution in [2.24, 2.45) is 0 Å². The number of carboxylic acid groups (broad SMARTS) is 1. The van der Waals surface area contributed by atoms with Crippen LogP contribution in [0.5, 0.6) is 5.75 Å². The Labute approximate surface area is 96.9 Å². The van der Waals surface area contributed by atoms with Gasteiger partial charge in [-0.2, -0.15) is 0 Å². The zero-order chi connectivity index (χ0) is 12.3. The van der Waals surface area contributed by atoms with Crippen molar-refractivity contribution < 1.29 is 24.9 Å². The molecule has 2 atom stereocenters. The summed E-state index contributed by atoms with van der Waals surface area (Å²) in [5.41, 5.74) is 0.107. The minimum atomic E-state index is -1.93. The Morgan fingerprint density at radius 2 is 2.06 bits per heavy atom. The quantitative estimate of drug-likeness (QED) is 0.732. The van der Waals surface area contributed by atoms with E-state index >= 15 is 0 Å². The van der Waals surface area contributed by atoms with Crippen molar-refractivity contribution in [3.63, 3.8) is 0 Å². The first kappa shape index (κ1) is 12.8. The van der Waals surface area contributed by atoms with E-state index in [0.717, 1.165) is 0 Å². The summed E-state index contributed by atoms with van der Waals surface area (Å²) in [4.78, 5) is 10.5. The molecular formula is C10H11ClO5. The monoisotopic (exact) mass is 246 g/mol. The number of hydrogen-bond donors (Lipinski definition) is 3. The van der Waals surface area contributed by atoms with Gasteiger partial charge in [-0.05, 0) is 18.2 Å². The number of halogens is 1. The molecule has 88 valence electrons. The minimum Gasteiger partial charge on any atom is -0.497 e. The van der Waals surface area contributed by atoms with Crippen LogP contribution in [0.3, 0.4) is 0 Å². The third-order valence-corrected chi connectivity index (χ3v) is 2.42. The van der Waals surface area contributed by atoms with Crippen molar-refractivity contribution in [3.8, 4) is 5.75 Å². The molecule has 0 amide bonds. The molecule has 0 saturated carbocycles. The Balaban J connectivity index is 3.06. The van der Waals surface area contributed by atoms with E-state index in [0.29, 0.717) is 5.75 Å². The molecule has 16 heavy (non-hydrogen) atoms. The summed E-state index contributed by atoms with van der Waals surface area (Å²) in [7, 11) is 1.42. The van der Waals surface area contributed by atoms with Gasteiger partial charge < -0.3 is 20.1 Å². The zero-order valence-corrected chi connectivity index (χ0v) is 9.18. The molecule has 0 fully saturated rings. The lowest BCUT2D eigenvalue weighted by atomic mass is 10.0. The van der Waals surface area contributed by atoms with Gasteiger partial charge >= 0.3 is 5.97 Å². The summed E-state index contributed by atoms with van der Waals surface area (Å²) in [6.45, 7) is 0. The lowest BCUT2D eigenvalue weighted by Gasteiger charge is -2.16. The van der Waals surface area contributed by atoms with E-state index in [1.807, 2.05) is 0 Å².